The molecule has 18 heavy (non-hydrogen) atoms. The molecule has 0 radical (unpaired) electrons. The lowest BCUT2D eigenvalue weighted by Crippen LogP contribution is -1.98. The molecule has 0 heterocycles. The van der Waals surface area contributed by atoms with Crippen molar-refractivity contribution in [2.24, 2.45) is 0 Å². The smallest absolute Gasteiger partial charge is 0.335 e. The predicted octanol–water partition coefficient (Wildman–Crippen LogP) is 3.07. The molecule has 0 saturated heterocycles. The summed E-state index contributed by atoms with van der Waals surface area (Å²) in [4.78, 5) is 10.2. The van der Waals surface area contributed by atoms with Crippen LogP contribution in [0.25, 0.3) is 0 Å². The molecule has 7 heteroatoms. The van der Waals surface area contributed by atoms with Crippen molar-refractivity contribution < 1.29 is 22.7 Å². The summed E-state index contributed by atoms with van der Waals surface area (Å²) < 4.78 is 32.6. The molecule has 1 aromatic rings. The zero-order valence-electron chi connectivity index (χ0n) is 9.77. The van der Waals surface area contributed by atoms with Crippen LogP contribution in [0.4, 0.5) is 4.39 Å². The minimum atomic E-state index is -3.85. The fraction of sp³-hybridized carbons (Fsp3) is 0.364. The van der Waals surface area contributed by atoms with E-state index in [4.69, 9.17) is 15.8 Å². The van der Waals surface area contributed by atoms with Crippen LogP contribution in [0.1, 0.15) is 30.1 Å². The number of carboxylic acid groups (broad SMARTS) is 1. The van der Waals surface area contributed by atoms with Crippen molar-refractivity contribution in [3.05, 3.63) is 29.8 Å². The van der Waals surface area contributed by atoms with E-state index in [0.717, 1.165) is 18.9 Å². The third-order valence-corrected chi connectivity index (χ3v) is 3.20. The largest absolute Gasteiger partial charge is 0.478 e. The normalized spacial score (nSPS) is 10.4. The van der Waals surface area contributed by atoms with E-state index in [1.54, 1.807) is 0 Å². The predicted molar refractivity (Wildman–Crippen MR) is 67.3 cm³/mol. The van der Waals surface area contributed by atoms with Gasteiger partial charge in [-0.25, -0.2) is 13.2 Å². The molecule has 0 spiro atoms. The standard InChI is InChI=1S/C7H5ClO4S.C4H9F/c8-13(11,12)6-3-1-2-5(4-6)7(9)10;1-2-3-4-5/h1-4H,(H,9,10);2-4H2,1H3. The number of hydrogen-bond acceptors (Lipinski definition) is 3. The number of carboxylic acids is 1. The summed E-state index contributed by atoms with van der Waals surface area (Å²) in [6.07, 6.45) is 1.69. The van der Waals surface area contributed by atoms with Crippen molar-refractivity contribution in [3.63, 3.8) is 0 Å². The Morgan fingerprint density at radius 3 is 2.39 bits per heavy atom. The van der Waals surface area contributed by atoms with Gasteiger partial charge in [0.25, 0.3) is 9.05 Å². The monoisotopic (exact) mass is 296 g/mol. The van der Waals surface area contributed by atoms with Gasteiger partial charge >= 0.3 is 5.97 Å². The Morgan fingerprint density at radius 2 is 2.06 bits per heavy atom. The third-order valence-electron chi connectivity index (χ3n) is 1.85. The van der Waals surface area contributed by atoms with Crippen molar-refractivity contribution in [2.75, 3.05) is 6.67 Å². The molecule has 0 atom stereocenters. The SMILES string of the molecule is CCCCF.O=C(O)c1cccc(S(=O)(=O)Cl)c1. The second kappa shape index (κ2) is 8.05. The molecule has 1 N–H and O–H groups in total. The first-order valence-electron chi connectivity index (χ1n) is 5.17. The van der Waals surface area contributed by atoms with Gasteiger partial charge in [-0.3, -0.25) is 4.39 Å². The highest BCUT2D eigenvalue weighted by Crippen LogP contribution is 2.15. The molecule has 102 valence electrons. The van der Waals surface area contributed by atoms with Gasteiger partial charge in [0.2, 0.25) is 0 Å². The molecular weight excluding hydrogens is 283 g/mol. The molecular formula is C11H14ClFO4S. The first kappa shape index (κ1) is 16.9. The molecule has 1 rings (SSSR count). The maximum atomic E-state index is 11.0. The van der Waals surface area contributed by atoms with Crippen molar-refractivity contribution >= 4 is 25.7 Å². The number of rotatable bonds is 4. The average Bonchev–Trinajstić information content (AvgIpc) is 2.30. The van der Waals surface area contributed by atoms with Crippen molar-refractivity contribution in [1.29, 1.82) is 0 Å². The Hall–Kier alpha value is -1.14. The van der Waals surface area contributed by atoms with Crippen LogP contribution in [0.15, 0.2) is 29.2 Å². The Bertz CT molecular complexity index is 486. The summed E-state index contributed by atoms with van der Waals surface area (Å²) in [5, 5.41) is 8.54. The molecule has 1 aromatic carbocycles. The molecule has 0 unspecified atom stereocenters. The number of unbranched alkanes of at least 4 members (excludes halogenated alkanes) is 1. The second-order valence-electron chi connectivity index (χ2n) is 3.31. The highest BCUT2D eigenvalue weighted by Gasteiger charge is 2.12. The lowest BCUT2D eigenvalue weighted by Gasteiger charge is -1.97. The third kappa shape index (κ3) is 6.56. The molecule has 0 aliphatic carbocycles. The summed E-state index contributed by atoms with van der Waals surface area (Å²) in [5.74, 6) is -1.19. The van der Waals surface area contributed by atoms with E-state index in [-0.39, 0.29) is 17.1 Å². The molecule has 0 bridgehead atoms. The number of alkyl halides is 1. The van der Waals surface area contributed by atoms with Crippen LogP contribution in [0.3, 0.4) is 0 Å². The van der Waals surface area contributed by atoms with Gasteiger partial charge in [0, 0.05) is 10.7 Å². The van der Waals surface area contributed by atoms with E-state index in [9.17, 15) is 17.6 Å². The van der Waals surface area contributed by atoms with Gasteiger partial charge in [-0.05, 0) is 24.6 Å². The number of benzene rings is 1. The molecule has 0 aliphatic rings. The second-order valence-corrected chi connectivity index (χ2v) is 5.88. The van der Waals surface area contributed by atoms with Crippen LogP contribution in [-0.2, 0) is 9.05 Å². The first-order valence-corrected chi connectivity index (χ1v) is 7.47. The van der Waals surface area contributed by atoms with Crippen molar-refractivity contribution in [3.8, 4) is 0 Å². The van der Waals surface area contributed by atoms with Gasteiger partial charge in [0.15, 0.2) is 0 Å². The molecule has 4 nitrogen and oxygen atoms in total. The zero-order valence-corrected chi connectivity index (χ0v) is 11.3. The summed E-state index contributed by atoms with van der Waals surface area (Å²) in [6, 6.07) is 4.84. The van der Waals surface area contributed by atoms with Gasteiger partial charge in [-0.2, -0.15) is 0 Å². The van der Waals surface area contributed by atoms with E-state index in [2.05, 4.69) is 0 Å². The quantitative estimate of drug-likeness (QED) is 0.867. The fourth-order valence-electron chi connectivity index (χ4n) is 0.914. The summed E-state index contributed by atoms with van der Waals surface area (Å²) in [6.45, 7) is 1.82. The summed E-state index contributed by atoms with van der Waals surface area (Å²) in [7, 11) is 1.16. The van der Waals surface area contributed by atoms with Crippen LogP contribution in [0, 0.1) is 0 Å². The summed E-state index contributed by atoms with van der Waals surface area (Å²) >= 11 is 0. The highest BCUT2D eigenvalue weighted by molar-refractivity contribution is 8.13. The van der Waals surface area contributed by atoms with E-state index >= 15 is 0 Å². The Kier molecular flexibility index (Phi) is 7.54. The first-order chi connectivity index (χ1) is 8.32. The highest BCUT2D eigenvalue weighted by atomic mass is 35.7. The molecule has 0 aliphatic heterocycles. The molecule has 0 saturated carbocycles. The van der Waals surface area contributed by atoms with Gasteiger partial charge in [0.05, 0.1) is 17.1 Å². The van der Waals surface area contributed by atoms with Crippen molar-refractivity contribution in [1.82, 2.24) is 0 Å². The van der Waals surface area contributed by atoms with Gasteiger partial charge < -0.3 is 5.11 Å². The lowest BCUT2D eigenvalue weighted by atomic mass is 10.2. The van der Waals surface area contributed by atoms with Gasteiger partial charge in [-0.15, -0.1) is 0 Å². The van der Waals surface area contributed by atoms with Gasteiger partial charge in [-0.1, -0.05) is 19.4 Å². The zero-order chi connectivity index (χ0) is 14.2. The van der Waals surface area contributed by atoms with Crippen LogP contribution >= 0.6 is 10.7 Å². The maximum absolute atomic E-state index is 11.0. The summed E-state index contributed by atoms with van der Waals surface area (Å²) in [5.41, 5.74) is -0.110. The Balaban J connectivity index is 0.000000494. The van der Waals surface area contributed by atoms with Crippen LogP contribution < -0.4 is 0 Å². The lowest BCUT2D eigenvalue weighted by molar-refractivity contribution is 0.0696. The maximum Gasteiger partial charge on any atom is 0.335 e. The molecule has 0 fully saturated rings. The topological polar surface area (TPSA) is 71.4 Å². The fourth-order valence-corrected chi connectivity index (χ4v) is 1.71. The minimum absolute atomic E-state index is 0.110. The Morgan fingerprint density at radius 1 is 1.44 bits per heavy atom. The van der Waals surface area contributed by atoms with E-state index in [0.29, 0.717) is 0 Å². The number of aromatic carboxylic acids is 1. The van der Waals surface area contributed by atoms with E-state index < -0.39 is 15.0 Å². The number of carbonyl (C=O) groups is 1. The van der Waals surface area contributed by atoms with Crippen LogP contribution in [0.2, 0.25) is 0 Å². The average molecular weight is 297 g/mol. The molecule has 0 aromatic heterocycles. The van der Waals surface area contributed by atoms with Crippen molar-refractivity contribution in [2.45, 2.75) is 24.7 Å². The van der Waals surface area contributed by atoms with Crippen LogP contribution in [0.5, 0.6) is 0 Å². The Labute approximate surface area is 110 Å². The van der Waals surface area contributed by atoms with Crippen LogP contribution in [-0.4, -0.2) is 26.2 Å². The van der Waals surface area contributed by atoms with E-state index in [1.807, 2.05) is 6.92 Å². The number of halogens is 2. The number of hydrogen-bond donors (Lipinski definition) is 1. The van der Waals surface area contributed by atoms with E-state index in [1.165, 1.54) is 18.2 Å². The minimum Gasteiger partial charge on any atom is -0.478 e. The molecule has 0 amide bonds. The van der Waals surface area contributed by atoms with Gasteiger partial charge in [0.1, 0.15) is 0 Å².